The van der Waals surface area contributed by atoms with Crippen LogP contribution >= 0.6 is 0 Å². The Hall–Kier alpha value is -1.32. The average molecular weight is 199 g/mol. The standard InChI is InChI=1S/C10H17NO3/c1-6(2)8(9(12)7(3)4)11-10(13)14-5/h6,8H,3H2,1-2,4-5H3,(H,11,13)/t8-/m0/s1. The second kappa shape index (κ2) is 5.42. The molecular formula is C10H17NO3. The first-order valence-corrected chi connectivity index (χ1v) is 4.44. The van der Waals surface area contributed by atoms with Crippen LogP contribution in [-0.2, 0) is 9.53 Å². The molecule has 0 saturated heterocycles. The summed E-state index contributed by atoms with van der Waals surface area (Å²) >= 11 is 0. The highest BCUT2D eigenvalue weighted by Gasteiger charge is 2.24. The van der Waals surface area contributed by atoms with Gasteiger partial charge in [-0.25, -0.2) is 4.79 Å². The maximum atomic E-state index is 11.6. The topological polar surface area (TPSA) is 55.4 Å². The Morgan fingerprint density at radius 2 is 1.86 bits per heavy atom. The lowest BCUT2D eigenvalue weighted by Crippen LogP contribution is -2.44. The van der Waals surface area contributed by atoms with E-state index >= 15 is 0 Å². The number of ether oxygens (including phenoxy) is 1. The Kier molecular flexibility index (Phi) is 4.91. The van der Waals surface area contributed by atoms with Crippen LogP contribution in [-0.4, -0.2) is 25.0 Å². The number of carbonyl (C=O) groups excluding carboxylic acids is 2. The quantitative estimate of drug-likeness (QED) is 0.698. The molecule has 0 rings (SSSR count). The van der Waals surface area contributed by atoms with Gasteiger partial charge in [0.15, 0.2) is 5.78 Å². The van der Waals surface area contributed by atoms with Crippen molar-refractivity contribution in [3.63, 3.8) is 0 Å². The summed E-state index contributed by atoms with van der Waals surface area (Å²) in [4.78, 5) is 22.5. The Morgan fingerprint density at radius 1 is 1.36 bits per heavy atom. The number of Topliss-reactive ketones (excluding diaryl/α,β-unsaturated/α-hetero) is 1. The molecule has 0 aliphatic heterocycles. The minimum atomic E-state index is -0.599. The minimum Gasteiger partial charge on any atom is -0.453 e. The molecule has 0 spiro atoms. The minimum absolute atomic E-state index is 0.0123. The van der Waals surface area contributed by atoms with E-state index in [4.69, 9.17) is 0 Å². The van der Waals surface area contributed by atoms with Crippen LogP contribution in [0.2, 0.25) is 0 Å². The molecule has 1 N–H and O–H groups in total. The van der Waals surface area contributed by atoms with E-state index in [0.717, 1.165) is 0 Å². The molecular weight excluding hydrogens is 182 g/mol. The van der Waals surface area contributed by atoms with Gasteiger partial charge in [-0.1, -0.05) is 20.4 Å². The van der Waals surface area contributed by atoms with Gasteiger partial charge in [-0.3, -0.25) is 4.79 Å². The molecule has 0 bridgehead atoms. The largest absolute Gasteiger partial charge is 0.453 e. The molecule has 0 aliphatic rings. The van der Waals surface area contributed by atoms with Crippen LogP contribution < -0.4 is 5.32 Å². The third-order valence-electron chi connectivity index (χ3n) is 1.83. The summed E-state index contributed by atoms with van der Waals surface area (Å²) in [5, 5.41) is 2.48. The van der Waals surface area contributed by atoms with Crippen molar-refractivity contribution in [3.05, 3.63) is 12.2 Å². The maximum absolute atomic E-state index is 11.6. The smallest absolute Gasteiger partial charge is 0.407 e. The fourth-order valence-electron chi connectivity index (χ4n) is 0.986. The van der Waals surface area contributed by atoms with E-state index in [0.29, 0.717) is 5.57 Å². The van der Waals surface area contributed by atoms with Crippen LogP contribution in [0.15, 0.2) is 12.2 Å². The zero-order chi connectivity index (χ0) is 11.3. The highest BCUT2D eigenvalue weighted by Crippen LogP contribution is 2.07. The molecule has 4 nitrogen and oxygen atoms in total. The van der Waals surface area contributed by atoms with Gasteiger partial charge in [-0.05, 0) is 18.4 Å². The molecule has 0 fully saturated rings. The first-order chi connectivity index (χ1) is 6.40. The first-order valence-electron chi connectivity index (χ1n) is 4.44. The van der Waals surface area contributed by atoms with Gasteiger partial charge < -0.3 is 10.1 Å². The summed E-state index contributed by atoms with van der Waals surface area (Å²) in [6, 6.07) is -0.556. The van der Waals surface area contributed by atoms with Gasteiger partial charge >= 0.3 is 6.09 Å². The number of hydrogen-bond acceptors (Lipinski definition) is 3. The van der Waals surface area contributed by atoms with Crippen molar-refractivity contribution in [2.75, 3.05) is 7.11 Å². The van der Waals surface area contributed by atoms with Crippen molar-refractivity contribution in [3.8, 4) is 0 Å². The molecule has 0 unspecified atom stereocenters. The zero-order valence-corrected chi connectivity index (χ0v) is 9.09. The number of carbonyl (C=O) groups is 2. The van der Waals surface area contributed by atoms with E-state index in [-0.39, 0.29) is 11.7 Å². The Morgan fingerprint density at radius 3 is 2.14 bits per heavy atom. The zero-order valence-electron chi connectivity index (χ0n) is 9.09. The lowest BCUT2D eigenvalue weighted by Gasteiger charge is -2.20. The number of amides is 1. The molecule has 0 saturated carbocycles. The van der Waals surface area contributed by atoms with E-state index in [2.05, 4.69) is 16.6 Å². The third kappa shape index (κ3) is 3.60. The van der Waals surface area contributed by atoms with Gasteiger partial charge in [-0.2, -0.15) is 0 Å². The molecule has 0 aromatic heterocycles. The highest BCUT2D eigenvalue weighted by molar-refractivity contribution is 6.00. The summed E-state index contributed by atoms with van der Waals surface area (Å²) < 4.78 is 4.43. The number of rotatable bonds is 4. The molecule has 80 valence electrons. The predicted molar refractivity (Wildman–Crippen MR) is 54.0 cm³/mol. The fourth-order valence-corrected chi connectivity index (χ4v) is 0.986. The van der Waals surface area contributed by atoms with Crippen LogP contribution in [0.25, 0.3) is 0 Å². The highest BCUT2D eigenvalue weighted by atomic mass is 16.5. The van der Waals surface area contributed by atoms with Crippen LogP contribution in [0.4, 0.5) is 4.79 Å². The van der Waals surface area contributed by atoms with Crippen LogP contribution in [0.3, 0.4) is 0 Å². The average Bonchev–Trinajstić information content (AvgIpc) is 2.11. The van der Waals surface area contributed by atoms with Crippen molar-refractivity contribution < 1.29 is 14.3 Å². The van der Waals surface area contributed by atoms with E-state index < -0.39 is 12.1 Å². The van der Waals surface area contributed by atoms with Crippen LogP contribution in [0, 0.1) is 5.92 Å². The van der Waals surface area contributed by atoms with Crippen molar-refractivity contribution in [1.82, 2.24) is 5.32 Å². The van der Waals surface area contributed by atoms with Gasteiger partial charge in [-0.15, -0.1) is 0 Å². The maximum Gasteiger partial charge on any atom is 0.407 e. The molecule has 0 aromatic carbocycles. The number of nitrogens with one attached hydrogen (secondary N) is 1. The monoisotopic (exact) mass is 199 g/mol. The molecule has 0 radical (unpaired) electrons. The normalized spacial score (nSPS) is 12.1. The summed E-state index contributed by atoms with van der Waals surface area (Å²) in [6.45, 7) is 8.87. The van der Waals surface area contributed by atoms with Gasteiger partial charge in [0.05, 0.1) is 13.2 Å². The summed E-state index contributed by atoms with van der Waals surface area (Å²) in [5.41, 5.74) is 0.431. The van der Waals surface area contributed by atoms with Gasteiger partial charge in [0.2, 0.25) is 0 Å². The van der Waals surface area contributed by atoms with Gasteiger partial charge in [0.25, 0.3) is 0 Å². The molecule has 4 heteroatoms. The van der Waals surface area contributed by atoms with Gasteiger partial charge in [0.1, 0.15) is 0 Å². The lowest BCUT2D eigenvalue weighted by atomic mass is 9.96. The predicted octanol–water partition coefficient (Wildman–Crippen LogP) is 1.51. The Balaban J connectivity index is 4.53. The Labute approximate surface area is 84.3 Å². The summed E-state index contributed by atoms with van der Waals surface area (Å²) in [6.07, 6.45) is -0.599. The van der Waals surface area contributed by atoms with Crippen molar-refractivity contribution in [2.45, 2.75) is 26.8 Å². The number of methoxy groups -OCH3 is 1. The summed E-state index contributed by atoms with van der Waals surface area (Å²) in [7, 11) is 1.26. The molecule has 14 heavy (non-hydrogen) atoms. The van der Waals surface area contributed by atoms with E-state index in [1.165, 1.54) is 7.11 Å². The molecule has 0 aliphatic carbocycles. The molecule has 1 amide bonds. The van der Waals surface area contributed by atoms with E-state index in [9.17, 15) is 9.59 Å². The first kappa shape index (κ1) is 12.7. The van der Waals surface area contributed by atoms with E-state index in [1.54, 1.807) is 6.92 Å². The van der Waals surface area contributed by atoms with Crippen LogP contribution in [0.1, 0.15) is 20.8 Å². The van der Waals surface area contributed by atoms with Crippen molar-refractivity contribution in [2.24, 2.45) is 5.92 Å². The molecule has 1 atom stereocenters. The lowest BCUT2D eigenvalue weighted by molar-refractivity contribution is -0.118. The fraction of sp³-hybridized carbons (Fsp3) is 0.600. The SMILES string of the molecule is C=C(C)C(=O)[C@@H](NC(=O)OC)C(C)C. The van der Waals surface area contributed by atoms with E-state index in [1.807, 2.05) is 13.8 Å². The van der Waals surface area contributed by atoms with Crippen molar-refractivity contribution >= 4 is 11.9 Å². The molecule has 0 aromatic rings. The van der Waals surface area contributed by atoms with Crippen LogP contribution in [0.5, 0.6) is 0 Å². The Bertz CT molecular complexity index is 246. The number of hydrogen-bond donors (Lipinski definition) is 1. The number of ketones is 1. The van der Waals surface area contributed by atoms with Crippen molar-refractivity contribution in [1.29, 1.82) is 0 Å². The number of alkyl carbamates (subject to hydrolysis) is 1. The third-order valence-corrected chi connectivity index (χ3v) is 1.83. The second-order valence-electron chi connectivity index (χ2n) is 3.50. The molecule has 0 heterocycles. The second-order valence-corrected chi connectivity index (χ2v) is 3.50. The summed E-state index contributed by atoms with van der Waals surface area (Å²) in [5.74, 6) is -0.149. The van der Waals surface area contributed by atoms with Gasteiger partial charge in [0, 0.05) is 0 Å².